The third-order valence-corrected chi connectivity index (χ3v) is 2.48. The molecule has 0 amide bonds. The summed E-state index contributed by atoms with van der Waals surface area (Å²) in [5.41, 5.74) is 0.0721. The van der Waals surface area contributed by atoms with Gasteiger partial charge in [0, 0.05) is 5.41 Å². The van der Waals surface area contributed by atoms with Crippen LogP contribution >= 0.6 is 0 Å². The van der Waals surface area contributed by atoms with Crippen LogP contribution in [-0.2, 0) is 19.7 Å². The van der Waals surface area contributed by atoms with Crippen LogP contribution in [0.4, 0.5) is 0 Å². The smallest absolute Gasteiger partial charge is 0.268 e. The highest BCUT2D eigenvalue weighted by Gasteiger charge is 2.30. The monoisotopic (exact) mass is 178 g/mol. The van der Waals surface area contributed by atoms with E-state index in [9.17, 15) is 4.21 Å². The Morgan fingerprint density at radius 3 is 2.45 bits per heavy atom. The predicted molar refractivity (Wildman–Crippen MR) is 43.1 cm³/mol. The minimum absolute atomic E-state index is 0.0721. The lowest BCUT2D eigenvalue weighted by Crippen LogP contribution is -2.34. The zero-order valence-corrected chi connectivity index (χ0v) is 7.78. The topological polar surface area (TPSA) is 35.5 Å². The van der Waals surface area contributed by atoms with Crippen molar-refractivity contribution in [2.24, 2.45) is 5.41 Å². The van der Waals surface area contributed by atoms with Crippen LogP contribution in [0.3, 0.4) is 0 Å². The summed E-state index contributed by atoms with van der Waals surface area (Å²) in [6, 6.07) is 0. The van der Waals surface area contributed by atoms with Crippen molar-refractivity contribution in [3.05, 3.63) is 0 Å². The van der Waals surface area contributed by atoms with Gasteiger partial charge in [-0.25, -0.2) is 0 Å². The molecule has 0 saturated carbocycles. The van der Waals surface area contributed by atoms with Crippen LogP contribution in [0.2, 0.25) is 0 Å². The summed E-state index contributed by atoms with van der Waals surface area (Å²) in [5.74, 6) is 0. The third kappa shape index (κ3) is 2.54. The van der Waals surface area contributed by atoms with E-state index in [1.54, 1.807) is 0 Å². The van der Waals surface area contributed by atoms with Gasteiger partial charge < -0.3 is 0 Å². The number of hydrogen-bond donors (Lipinski definition) is 0. The van der Waals surface area contributed by atoms with E-state index in [1.807, 2.05) is 0 Å². The van der Waals surface area contributed by atoms with E-state index in [-0.39, 0.29) is 5.41 Å². The van der Waals surface area contributed by atoms with Gasteiger partial charge in [0.05, 0.1) is 13.2 Å². The highest BCUT2D eigenvalue weighted by molar-refractivity contribution is 7.75. The maximum absolute atomic E-state index is 10.6. The van der Waals surface area contributed by atoms with Crippen LogP contribution in [0.1, 0.15) is 26.7 Å². The molecule has 1 fully saturated rings. The molecule has 3 nitrogen and oxygen atoms in total. The van der Waals surface area contributed by atoms with Crippen LogP contribution in [0.5, 0.6) is 0 Å². The molecule has 0 aromatic heterocycles. The van der Waals surface area contributed by atoms with Gasteiger partial charge in [0.25, 0.3) is 0 Å². The van der Waals surface area contributed by atoms with Gasteiger partial charge in [-0.3, -0.25) is 8.37 Å². The zero-order valence-electron chi connectivity index (χ0n) is 6.96. The van der Waals surface area contributed by atoms with Gasteiger partial charge in [-0.1, -0.05) is 20.3 Å². The predicted octanol–water partition coefficient (Wildman–Crippen LogP) is 1.42. The minimum atomic E-state index is -1.49. The summed E-state index contributed by atoms with van der Waals surface area (Å²) in [6.07, 6.45) is 2.17. The molecule has 1 rings (SSSR count). The summed E-state index contributed by atoms with van der Waals surface area (Å²) < 4.78 is 20.4. The molecule has 1 saturated heterocycles. The molecule has 1 aliphatic rings. The lowest BCUT2D eigenvalue weighted by molar-refractivity contribution is 0.0454. The van der Waals surface area contributed by atoms with Crippen molar-refractivity contribution in [1.29, 1.82) is 0 Å². The van der Waals surface area contributed by atoms with Crippen LogP contribution < -0.4 is 0 Å². The second-order valence-electron chi connectivity index (χ2n) is 3.29. The molecular weight excluding hydrogens is 164 g/mol. The van der Waals surface area contributed by atoms with Crippen molar-refractivity contribution in [3.8, 4) is 0 Å². The van der Waals surface area contributed by atoms with Gasteiger partial charge >= 0.3 is 11.4 Å². The molecule has 1 heterocycles. The lowest BCUT2D eigenvalue weighted by atomic mass is 9.88. The highest BCUT2D eigenvalue weighted by Crippen LogP contribution is 2.28. The molecule has 0 N–H and O–H groups in total. The van der Waals surface area contributed by atoms with Crippen LogP contribution in [0, 0.1) is 5.41 Å². The Hall–Kier alpha value is 0.0700. The number of rotatable bonds is 2. The van der Waals surface area contributed by atoms with E-state index in [1.165, 1.54) is 0 Å². The highest BCUT2D eigenvalue weighted by atomic mass is 32.2. The normalized spacial score (nSPS) is 38.9. The van der Waals surface area contributed by atoms with Gasteiger partial charge in [0.1, 0.15) is 0 Å². The van der Waals surface area contributed by atoms with Crippen molar-refractivity contribution in [3.63, 3.8) is 0 Å². The largest absolute Gasteiger partial charge is 0.304 e. The van der Waals surface area contributed by atoms with Crippen molar-refractivity contribution in [2.75, 3.05) is 13.2 Å². The molecule has 0 spiro atoms. The summed E-state index contributed by atoms with van der Waals surface area (Å²) in [4.78, 5) is 0. The third-order valence-electron chi connectivity index (χ3n) is 1.86. The molecule has 4 heteroatoms. The van der Waals surface area contributed by atoms with Gasteiger partial charge in [0.2, 0.25) is 0 Å². The fourth-order valence-electron chi connectivity index (χ4n) is 1.20. The summed E-state index contributed by atoms with van der Waals surface area (Å²) >= 11 is -1.49. The van der Waals surface area contributed by atoms with Gasteiger partial charge in [0.15, 0.2) is 0 Å². The summed E-state index contributed by atoms with van der Waals surface area (Å²) in [5, 5.41) is 0. The molecular formula is C7H14O3S. The first kappa shape index (κ1) is 9.16. The standard InChI is InChI=1S/C7H14O3S/c1-3-4-7(2)5-9-11(8)10-6-7/h3-6H2,1-2H3. The Morgan fingerprint density at radius 2 is 2.00 bits per heavy atom. The molecule has 0 aromatic carbocycles. The Labute approximate surface area is 69.9 Å². The van der Waals surface area contributed by atoms with Gasteiger partial charge in [-0.05, 0) is 6.42 Å². The molecule has 0 unspecified atom stereocenters. The van der Waals surface area contributed by atoms with Crippen LogP contribution in [0.25, 0.3) is 0 Å². The van der Waals surface area contributed by atoms with E-state index in [0.29, 0.717) is 13.2 Å². The molecule has 0 radical (unpaired) electrons. The van der Waals surface area contributed by atoms with Crippen molar-refractivity contribution in [2.45, 2.75) is 26.7 Å². The lowest BCUT2D eigenvalue weighted by Gasteiger charge is -2.31. The molecule has 0 atom stereocenters. The molecule has 0 bridgehead atoms. The Kier molecular flexibility index (Phi) is 3.04. The zero-order chi connectivity index (χ0) is 8.32. The molecule has 1 aliphatic heterocycles. The second kappa shape index (κ2) is 3.65. The fraction of sp³-hybridized carbons (Fsp3) is 1.00. The Balaban J connectivity index is 2.41. The van der Waals surface area contributed by atoms with Crippen molar-refractivity contribution < 1.29 is 12.6 Å². The molecule has 0 aromatic rings. The maximum atomic E-state index is 10.6. The maximum Gasteiger partial charge on any atom is 0.304 e. The molecule has 66 valence electrons. The van der Waals surface area contributed by atoms with Crippen LogP contribution in [0.15, 0.2) is 0 Å². The van der Waals surface area contributed by atoms with E-state index < -0.39 is 11.4 Å². The van der Waals surface area contributed by atoms with E-state index in [0.717, 1.165) is 12.8 Å². The average molecular weight is 178 g/mol. The molecule has 0 aliphatic carbocycles. The van der Waals surface area contributed by atoms with Gasteiger partial charge in [-0.2, -0.15) is 4.21 Å². The van der Waals surface area contributed by atoms with Gasteiger partial charge in [-0.15, -0.1) is 0 Å². The van der Waals surface area contributed by atoms with E-state index in [2.05, 4.69) is 13.8 Å². The molecule has 11 heavy (non-hydrogen) atoms. The van der Waals surface area contributed by atoms with E-state index in [4.69, 9.17) is 8.37 Å². The van der Waals surface area contributed by atoms with Crippen molar-refractivity contribution >= 4 is 11.4 Å². The first-order valence-corrected chi connectivity index (χ1v) is 4.85. The first-order chi connectivity index (χ1) is 5.16. The van der Waals surface area contributed by atoms with Crippen LogP contribution in [-0.4, -0.2) is 17.4 Å². The average Bonchev–Trinajstić information content (AvgIpc) is 1.97. The quantitative estimate of drug-likeness (QED) is 0.641. The van der Waals surface area contributed by atoms with E-state index >= 15 is 0 Å². The number of hydrogen-bond acceptors (Lipinski definition) is 3. The summed E-state index contributed by atoms with van der Waals surface area (Å²) in [6.45, 7) is 5.31. The summed E-state index contributed by atoms with van der Waals surface area (Å²) in [7, 11) is 0. The fourth-order valence-corrected chi connectivity index (χ4v) is 2.03. The SMILES string of the molecule is CCCC1(C)COS(=O)OC1. The van der Waals surface area contributed by atoms with Crippen molar-refractivity contribution in [1.82, 2.24) is 0 Å². The Morgan fingerprint density at radius 1 is 1.45 bits per heavy atom. The first-order valence-electron chi connectivity index (χ1n) is 3.85. The Bertz CT molecular complexity index is 148. The minimum Gasteiger partial charge on any atom is -0.268 e. The second-order valence-corrected chi connectivity index (χ2v) is 4.17.